The van der Waals surface area contributed by atoms with Crippen molar-refractivity contribution in [2.75, 3.05) is 63.3 Å². The van der Waals surface area contributed by atoms with E-state index in [0.29, 0.717) is 18.9 Å². The highest BCUT2D eigenvalue weighted by Gasteiger charge is 2.39. The first kappa shape index (κ1) is 38.4. The minimum atomic E-state index is -0.690. The molecule has 6 rings (SSSR count). The van der Waals surface area contributed by atoms with Gasteiger partial charge in [-0.1, -0.05) is 27.7 Å². The second kappa shape index (κ2) is 16.8. The number of H-pyrrole nitrogens is 2. The van der Waals surface area contributed by atoms with E-state index in [1.807, 2.05) is 57.1 Å². The molecule has 3 aromatic rings. The van der Waals surface area contributed by atoms with Crippen molar-refractivity contribution in [2.45, 2.75) is 77.5 Å². The van der Waals surface area contributed by atoms with Crippen molar-refractivity contribution in [3.05, 3.63) is 42.4 Å². The first-order valence-corrected chi connectivity index (χ1v) is 18.8. The lowest BCUT2D eigenvalue weighted by molar-refractivity contribution is -0.136. The quantitative estimate of drug-likeness (QED) is 0.224. The summed E-state index contributed by atoms with van der Waals surface area (Å²) in [5.74, 6) is 2.78. The fourth-order valence-corrected chi connectivity index (χ4v) is 7.60. The maximum absolute atomic E-state index is 13.5. The van der Waals surface area contributed by atoms with Gasteiger partial charge in [0.05, 0.1) is 44.4 Å². The number of aromatic amines is 2. The second-order valence-corrected chi connectivity index (χ2v) is 14.8. The Morgan fingerprint density at radius 2 is 1.20 bits per heavy atom. The van der Waals surface area contributed by atoms with Crippen molar-refractivity contribution < 1.29 is 28.7 Å². The third-order valence-electron chi connectivity index (χ3n) is 10.7. The van der Waals surface area contributed by atoms with Crippen molar-refractivity contribution in [2.24, 2.45) is 11.8 Å². The van der Waals surface area contributed by atoms with Crippen LogP contribution in [0, 0.1) is 11.8 Å². The van der Waals surface area contributed by atoms with Gasteiger partial charge in [0.2, 0.25) is 11.8 Å². The molecule has 54 heavy (non-hydrogen) atoms. The summed E-state index contributed by atoms with van der Waals surface area (Å²) in [5, 5.41) is 5.39. The SMILES string of the molecule is COC(=O)N[C@H](C(=O)N1CCC[C@H]1c1ncc(-c2ccc(N3CCN(c4cnc([C@@H]5CCCN5C(=O)[C@@H](NC(=O)OC)C(C)C)[nH]4)CC3)nc2)[nH]1)C(C)C. The van der Waals surface area contributed by atoms with Crippen LogP contribution in [0.3, 0.4) is 0 Å². The Bertz CT molecular complexity index is 1770. The highest BCUT2D eigenvalue weighted by molar-refractivity contribution is 5.87. The summed E-state index contributed by atoms with van der Waals surface area (Å²) in [6.07, 6.45) is 7.49. The number of imidazole rings is 2. The Morgan fingerprint density at radius 3 is 1.70 bits per heavy atom. The molecule has 292 valence electrons. The molecule has 0 aliphatic carbocycles. The maximum Gasteiger partial charge on any atom is 0.407 e. The number of nitrogens with zero attached hydrogens (tertiary/aromatic N) is 7. The fraction of sp³-hybridized carbons (Fsp3) is 0.595. The molecular formula is C37H53N11O6. The van der Waals surface area contributed by atoms with Crippen LogP contribution in [0.5, 0.6) is 0 Å². The predicted octanol–water partition coefficient (Wildman–Crippen LogP) is 3.61. The molecule has 3 aliphatic heterocycles. The molecule has 4 amide bonds. The van der Waals surface area contributed by atoms with Gasteiger partial charge < -0.3 is 49.7 Å². The van der Waals surface area contributed by atoms with Crippen LogP contribution in [0.25, 0.3) is 11.3 Å². The number of alkyl carbamates (subject to hydrolysis) is 2. The molecule has 3 aliphatic rings. The van der Waals surface area contributed by atoms with E-state index >= 15 is 0 Å². The number of hydrogen-bond donors (Lipinski definition) is 4. The standard InChI is InChI=1S/C37H53N11O6/c1-22(2)30(43-36(51)53-5)34(49)47-13-7-9-26(47)32-39-20-25(41-32)24-11-12-28(38-19-24)45-15-17-46(18-16-45)29-21-40-33(42-29)27-10-8-14-48(27)35(50)31(23(3)4)44-37(52)54-6/h11-12,19-23,26-27,30-31H,7-10,13-18H2,1-6H3,(H,39,41)(H,40,42)(H,43,51)(H,44,52)/t26-,27-,30-,31-/m0/s1. The lowest BCUT2D eigenvalue weighted by Crippen LogP contribution is -2.51. The van der Waals surface area contributed by atoms with Gasteiger partial charge in [0.1, 0.15) is 35.4 Å². The fourth-order valence-electron chi connectivity index (χ4n) is 7.60. The average molecular weight is 748 g/mol. The predicted molar refractivity (Wildman–Crippen MR) is 201 cm³/mol. The van der Waals surface area contributed by atoms with Gasteiger partial charge in [-0.3, -0.25) is 9.59 Å². The Kier molecular flexibility index (Phi) is 11.9. The van der Waals surface area contributed by atoms with Crippen LogP contribution in [-0.4, -0.2) is 124 Å². The second-order valence-electron chi connectivity index (χ2n) is 14.8. The van der Waals surface area contributed by atoms with Crippen molar-refractivity contribution in [1.82, 2.24) is 45.4 Å². The number of methoxy groups -OCH3 is 2. The lowest BCUT2D eigenvalue weighted by Gasteiger charge is -2.35. The summed E-state index contributed by atoms with van der Waals surface area (Å²) in [6, 6.07) is 2.27. The van der Waals surface area contributed by atoms with Gasteiger partial charge in [-0.25, -0.2) is 24.5 Å². The summed E-state index contributed by atoms with van der Waals surface area (Å²) in [4.78, 5) is 80.1. The summed E-state index contributed by atoms with van der Waals surface area (Å²) in [7, 11) is 2.58. The van der Waals surface area contributed by atoms with Crippen molar-refractivity contribution in [1.29, 1.82) is 0 Å². The molecule has 0 aromatic carbocycles. The molecule has 3 fully saturated rings. The summed E-state index contributed by atoms with van der Waals surface area (Å²) in [6.45, 7) is 11.9. The minimum Gasteiger partial charge on any atom is -0.453 e. The van der Waals surface area contributed by atoms with E-state index in [4.69, 9.17) is 19.4 Å². The van der Waals surface area contributed by atoms with E-state index < -0.39 is 24.3 Å². The summed E-state index contributed by atoms with van der Waals surface area (Å²) >= 11 is 0. The average Bonchev–Trinajstić information content (AvgIpc) is 4.02. The molecule has 0 radical (unpaired) electrons. The largest absolute Gasteiger partial charge is 0.453 e. The van der Waals surface area contributed by atoms with Crippen molar-refractivity contribution in [3.63, 3.8) is 0 Å². The van der Waals surface area contributed by atoms with Gasteiger partial charge in [-0.15, -0.1) is 0 Å². The van der Waals surface area contributed by atoms with Crippen LogP contribution < -0.4 is 20.4 Å². The number of pyridine rings is 1. The molecule has 0 unspecified atom stereocenters. The van der Waals surface area contributed by atoms with E-state index in [1.54, 1.807) is 11.1 Å². The lowest BCUT2D eigenvalue weighted by atomic mass is 10.0. The summed E-state index contributed by atoms with van der Waals surface area (Å²) in [5.41, 5.74) is 1.71. The topological polar surface area (TPSA) is 194 Å². The smallest absolute Gasteiger partial charge is 0.407 e. The van der Waals surface area contributed by atoms with E-state index in [2.05, 4.69) is 35.4 Å². The number of nitrogens with one attached hydrogen (secondary N) is 4. The Morgan fingerprint density at radius 1 is 0.685 bits per heavy atom. The molecule has 3 aromatic heterocycles. The van der Waals surface area contributed by atoms with Crippen LogP contribution >= 0.6 is 0 Å². The molecule has 0 bridgehead atoms. The number of likely N-dealkylation sites (tertiary alicyclic amines) is 2. The normalized spacial score (nSPS) is 20.0. The molecular weight excluding hydrogens is 694 g/mol. The monoisotopic (exact) mass is 747 g/mol. The van der Waals surface area contributed by atoms with Crippen molar-refractivity contribution >= 4 is 35.6 Å². The van der Waals surface area contributed by atoms with Crippen molar-refractivity contribution in [3.8, 4) is 11.3 Å². The number of amides is 4. The van der Waals surface area contributed by atoms with Crippen LogP contribution in [0.2, 0.25) is 0 Å². The third-order valence-corrected chi connectivity index (χ3v) is 10.7. The number of carbonyl (C=O) groups is 4. The number of carbonyl (C=O) groups excluding carboxylic acids is 4. The van der Waals surface area contributed by atoms with Gasteiger partial charge in [0.25, 0.3) is 0 Å². The van der Waals surface area contributed by atoms with Crippen LogP contribution in [0.15, 0.2) is 30.7 Å². The molecule has 3 saturated heterocycles. The zero-order valence-corrected chi connectivity index (χ0v) is 32.0. The first-order valence-electron chi connectivity index (χ1n) is 18.8. The Labute approximate surface area is 315 Å². The highest BCUT2D eigenvalue weighted by atomic mass is 16.5. The summed E-state index contributed by atoms with van der Waals surface area (Å²) < 4.78 is 9.50. The third kappa shape index (κ3) is 8.24. The number of hydrogen-bond acceptors (Lipinski definition) is 11. The van der Waals surface area contributed by atoms with Gasteiger partial charge in [-0.2, -0.15) is 0 Å². The molecule has 17 nitrogen and oxygen atoms in total. The molecule has 17 heteroatoms. The van der Waals surface area contributed by atoms with Gasteiger partial charge in [0.15, 0.2) is 0 Å². The zero-order chi connectivity index (χ0) is 38.5. The molecule has 0 spiro atoms. The number of piperazine rings is 1. The number of aromatic nitrogens is 5. The van der Waals surface area contributed by atoms with E-state index in [-0.39, 0.29) is 35.7 Å². The molecule has 4 atom stereocenters. The number of anilines is 2. The maximum atomic E-state index is 13.5. The zero-order valence-electron chi connectivity index (χ0n) is 32.0. The highest BCUT2D eigenvalue weighted by Crippen LogP contribution is 2.34. The van der Waals surface area contributed by atoms with E-state index in [9.17, 15) is 19.2 Å². The van der Waals surface area contributed by atoms with E-state index in [0.717, 1.165) is 80.6 Å². The van der Waals surface area contributed by atoms with Crippen LogP contribution in [0.4, 0.5) is 21.2 Å². The Balaban J connectivity index is 1.04. The van der Waals surface area contributed by atoms with Gasteiger partial charge in [-0.05, 0) is 49.7 Å². The Hall–Kier alpha value is -5.35. The first-order chi connectivity index (χ1) is 26.0. The number of rotatable bonds is 11. The number of ether oxygens (including phenoxy) is 2. The molecule has 4 N–H and O–H groups in total. The van der Waals surface area contributed by atoms with Gasteiger partial charge >= 0.3 is 12.2 Å². The molecule has 6 heterocycles. The molecule has 0 saturated carbocycles. The van der Waals surface area contributed by atoms with Crippen LogP contribution in [0.1, 0.15) is 77.1 Å². The van der Waals surface area contributed by atoms with Crippen LogP contribution in [-0.2, 0) is 19.1 Å². The minimum absolute atomic E-state index is 0.0974. The van der Waals surface area contributed by atoms with Gasteiger partial charge in [0, 0.05) is 51.0 Å². The van der Waals surface area contributed by atoms with E-state index in [1.165, 1.54) is 14.2 Å².